The number of ether oxygens (including phenoxy) is 1. The Morgan fingerprint density at radius 1 is 1.19 bits per heavy atom. The third-order valence-corrected chi connectivity index (χ3v) is 7.00. The van der Waals surface area contributed by atoms with E-state index in [1.54, 1.807) is 6.07 Å². The predicted octanol–water partition coefficient (Wildman–Crippen LogP) is 2.55. The van der Waals surface area contributed by atoms with E-state index >= 15 is 0 Å². The zero-order chi connectivity index (χ0) is 18.7. The fourth-order valence-corrected chi connectivity index (χ4v) is 5.62. The second-order valence-electron chi connectivity index (χ2n) is 7.89. The number of aliphatic hydroxyl groups excluding tert-OH is 1. The van der Waals surface area contributed by atoms with Gasteiger partial charge in [-0.3, -0.25) is 0 Å². The van der Waals surface area contributed by atoms with Crippen LogP contribution in [0, 0.1) is 11.3 Å². The van der Waals surface area contributed by atoms with Crippen LogP contribution >= 0.6 is 0 Å². The SMILES string of the molecule is COc1cc2c(cc1OS(N)(=O)=O)CCC1=C2CC[C@@]2(C)C1CC[C@H]2O. The van der Waals surface area contributed by atoms with Gasteiger partial charge in [-0.2, -0.15) is 13.6 Å². The van der Waals surface area contributed by atoms with Crippen LogP contribution in [0.2, 0.25) is 0 Å². The molecule has 0 aliphatic heterocycles. The zero-order valence-corrected chi connectivity index (χ0v) is 15.9. The number of allylic oxidation sites excluding steroid dienone is 2. The lowest BCUT2D eigenvalue weighted by atomic mass is 9.62. The number of methoxy groups -OCH3 is 1. The predicted molar refractivity (Wildman–Crippen MR) is 98.0 cm³/mol. The largest absolute Gasteiger partial charge is 0.493 e. The molecule has 1 aromatic rings. The summed E-state index contributed by atoms with van der Waals surface area (Å²) in [4.78, 5) is 0. The molecule has 7 heteroatoms. The summed E-state index contributed by atoms with van der Waals surface area (Å²) in [5.74, 6) is 0.932. The molecule has 3 atom stereocenters. The summed E-state index contributed by atoms with van der Waals surface area (Å²) in [5.41, 5.74) is 4.96. The van der Waals surface area contributed by atoms with Crippen molar-refractivity contribution in [3.05, 3.63) is 28.8 Å². The van der Waals surface area contributed by atoms with Gasteiger partial charge in [-0.15, -0.1) is 0 Å². The molecule has 26 heavy (non-hydrogen) atoms. The van der Waals surface area contributed by atoms with E-state index < -0.39 is 10.3 Å². The third-order valence-electron chi connectivity index (χ3n) is 6.59. The van der Waals surface area contributed by atoms with Gasteiger partial charge in [0.1, 0.15) is 0 Å². The van der Waals surface area contributed by atoms with Gasteiger partial charge in [-0.05, 0) is 73.3 Å². The summed E-state index contributed by atoms with van der Waals surface area (Å²) in [6.45, 7) is 2.22. The Kier molecular flexibility index (Phi) is 4.09. The van der Waals surface area contributed by atoms with E-state index in [4.69, 9.17) is 14.1 Å². The fourth-order valence-electron chi connectivity index (χ4n) is 5.24. The van der Waals surface area contributed by atoms with Crippen molar-refractivity contribution in [3.63, 3.8) is 0 Å². The van der Waals surface area contributed by atoms with Crippen LogP contribution in [0.3, 0.4) is 0 Å². The molecular formula is C19H25NO5S. The quantitative estimate of drug-likeness (QED) is 0.841. The smallest absolute Gasteiger partial charge is 0.380 e. The molecule has 0 heterocycles. The van der Waals surface area contributed by atoms with Crippen LogP contribution in [-0.4, -0.2) is 26.7 Å². The summed E-state index contributed by atoms with van der Waals surface area (Å²) >= 11 is 0. The minimum absolute atomic E-state index is 0.0168. The molecule has 0 saturated heterocycles. The van der Waals surface area contributed by atoms with Gasteiger partial charge >= 0.3 is 10.3 Å². The maximum atomic E-state index is 11.3. The molecule has 1 unspecified atom stereocenters. The van der Waals surface area contributed by atoms with E-state index in [0.717, 1.165) is 49.7 Å². The van der Waals surface area contributed by atoms with Gasteiger partial charge < -0.3 is 14.0 Å². The number of aliphatic hydroxyl groups is 1. The Balaban J connectivity index is 1.79. The number of rotatable bonds is 3. The second kappa shape index (κ2) is 5.97. The van der Waals surface area contributed by atoms with Crippen molar-refractivity contribution in [2.24, 2.45) is 16.5 Å². The van der Waals surface area contributed by atoms with Gasteiger partial charge in [-0.25, -0.2) is 0 Å². The number of hydrogen-bond donors (Lipinski definition) is 2. The van der Waals surface area contributed by atoms with Crippen molar-refractivity contribution in [2.75, 3.05) is 7.11 Å². The highest BCUT2D eigenvalue weighted by atomic mass is 32.2. The highest BCUT2D eigenvalue weighted by Gasteiger charge is 2.50. The van der Waals surface area contributed by atoms with Crippen LogP contribution in [0.1, 0.15) is 50.2 Å². The van der Waals surface area contributed by atoms with Gasteiger partial charge in [0.05, 0.1) is 13.2 Å². The highest BCUT2D eigenvalue weighted by Crippen LogP contribution is 2.58. The molecule has 1 aromatic carbocycles. The third kappa shape index (κ3) is 2.73. The fraction of sp³-hybridized carbons (Fsp3) is 0.579. The molecule has 3 N–H and O–H groups in total. The summed E-state index contributed by atoms with van der Waals surface area (Å²) in [7, 11) is -2.62. The summed E-state index contributed by atoms with van der Waals surface area (Å²) < 4.78 is 32.9. The minimum atomic E-state index is -4.11. The van der Waals surface area contributed by atoms with Crippen LogP contribution in [0.15, 0.2) is 17.7 Å². The average Bonchev–Trinajstić information content (AvgIpc) is 2.88. The van der Waals surface area contributed by atoms with Crippen molar-refractivity contribution in [3.8, 4) is 11.5 Å². The van der Waals surface area contributed by atoms with E-state index in [1.165, 1.54) is 18.3 Å². The molecular weight excluding hydrogens is 354 g/mol. The van der Waals surface area contributed by atoms with Crippen molar-refractivity contribution >= 4 is 15.9 Å². The molecule has 1 saturated carbocycles. The first-order chi connectivity index (χ1) is 12.2. The molecule has 0 bridgehead atoms. The molecule has 3 aliphatic rings. The van der Waals surface area contributed by atoms with Crippen molar-refractivity contribution in [1.82, 2.24) is 0 Å². The molecule has 4 rings (SSSR count). The Labute approximate surface area is 154 Å². The summed E-state index contributed by atoms with van der Waals surface area (Å²) in [6, 6.07) is 3.61. The van der Waals surface area contributed by atoms with E-state index in [9.17, 15) is 13.5 Å². The van der Waals surface area contributed by atoms with Crippen molar-refractivity contribution in [2.45, 2.75) is 51.6 Å². The lowest BCUT2D eigenvalue weighted by Crippen LogP contribution is -2.37. The van der Waals surface area contributed by atoms with Gasteiger partial charge in [0.25, 0.3) is 0 Å². The molecule has 6 nitrogen and oxygen atoms in total. The Morgan fingerprint density at radius 3 is 2.65 bits per heavy atom. The monoisotopic (exact) mass is 379 g/mol. The van der Waals surface area contributed by atoms with Gasteiger partial charge in [0.2, 0.25) is 0 Å². The molecule has 0 spiro atoms. The lowest BCUT2D eigenvalue weighted by Gasteiger charge is -2.43. The maximum Gasteiger partial charge on any atom is 0.380 e. The van der Waals surface area contributed by atoms with E-state index in [1.807, 2.05) is 6.07 Å². The number of nitrogens with two attached hydrogens (primary N) is 1. The molecule has 1 fully saturated rings. The number of fused-ring (bicyclic) bond motifs is 4. The van der Waals surface area contributed by atoms with E-state index in [0.29, 0.717) is 11.7 Å². The van der Waals surface area contributed by atoms with Crippen LogP contribution in [0.25, 0.3) is 5.57 Å². The first-order valence-electron chi connectivity index (χ1n) is 9.06. The summed E-state index contributed by atoms with van der Waals surface area (Å²) in [5, 5.41) is 15.5. The lowest BCUT2D eigenvalue weighted by molar-refractivity contribution is 0.0379. The molecule has 0 radical (unpaired) electrons. The van der Waals surface area contributed by atoms with Crippen LogP contribution in [-0.2, 0) is 16.7 Å². The van der Waals surface area contributed by atoms with Gasteiger partial charge in [0, 0.05) is 5.41 Å². The second-order valence-corrected chi connectivity index (χ2v) is 9.04. The topological polar surface area (TPSA) is 98.9 Å². The zero-order valence-electron chi connectivity index (χ0n) is 15.1. The number of benzene rings is 1. The van der Waals surface area contributed by atoms with Crippen LogP contribution in [0.4, 0.5) is 0 Å². The van der Waals surface area contributed by atoms with E-state index in [-0.39, 0.29) is 17.3 Å². The number of aryl methyl sites for hydroxylation is 1. The molecule has 142 valence electrons. The normalized spacial score (nSPS) is 30.5. The molecule has 0 amide bonds. The highest BCUT2D eigenvalue weighted by molar-refractivity contribution is 7.84. The Hall–Kier alpha value is -1.57. The first-order valence-corrected chi connectivity index (χ1v) is 10.5. The molecule has 3 aliphatic carbocycles. The summed E-state index contributed by atoms with van der Waals surface area (Å²) in [6.07, 6.45) is 5.34. The standard InChI is InChI=1S/C19H25NO5S/c1-19-8-7-12-13(15(19)5-6-18(19)21)4-3-11-9-17(25-26(20,22)23)16(24-2)10-14(11)12/h9-10,15,18,21H,3-8H2,1-2H3,(H2,20,22,23)/t15?,18-,19+/m1/s1. The van der Waals surface area contributed by atoms with E-state index in [2.05, 4.69) is 6.92 Å². The first kappa shape index (κ1) is 17.8. The van der Waals surface area contributed by atoms with Crippen molar-refractivity contribution < 1.29 is 22.4 Å². The average molecular weight is 379 g/mol. The minimum Gasteiger partial charge on any atom is -0.493 e. The van der Waals surface area contributed by atoms with Crippen LogP contribution < -0.4 is 14.1 Å². The Bertz CT molecular complexity index is 891. The van der Waals surface area contributed by atoms with Crippen LogP contribution in [0.5, 0.6) is 11.5 Å². The Morgan fingerprint density at radius 2 is 1.96 bits per heavy atom. The maximum absolute atomic E-state index is 11.3. The van der Waals surface area contributed by atoms with Gasteiger partial charge in [-0.1, -0.05) is 12.5 Å². The van der Waals surface area contributed by atoms with Gasteiger partial charge in [0.15, 0.2) is 11.5 Å². The van der Waals surface area contributed by atoms with Crippen molar-refractivity contribution in [1.29, 1.82) is 0 Å². The number of hydrogen-bond acceptors (Lipinski definition) is 5. The molecule has 0 aromatic heterocycles.